The Morgan fingerprint density at radius 1 is 1.37 bits per heavy atom. The fraction of sp³-hybridized carbons (Fsp3) is 0.714. The van der Waals surface area contributed by atoms with E-state index < -0.39 is 0 Å². The molecule has 1 N–H and O–H groups in total. The standard InChI is InChI=1S/C14H24N4O/c1-4-18(9-5-8-17(2)3)12-10-13(19)16-14(15-12)11-6-7-11/h10-11H,4-9H2,1-3H3,(H,15,16,19). The van der Waals surface area contributed by atoms with Crippen LogP contribution in [0.2, 0.25) is 0 Å². The average molecular weight is 264 g/mol. The Hall–Kier alpha value is -1.36. The molecular weight excluding hydrogens is 240 g/mol. The number of rotatable bonds is 7. The van der Waals surface area contributed by atoms with Gasteiger partial charge in [-0.15, -0.1) is 0 Å². The first-order valence-electron chi connectivity index (χ1n) is 7.11. The van der Waals surface area contributed by atoms with Crippen LogP contribution < -0.4 is 10.5 Å². The Kier molecular flexibility index (Phi) is 4.58. The maximum Gasteiger partial charge on any atom is 0.252 e. The zero-order chi connectivity index (χ0) is 13.8. The predicted molar refractivity (Wildman–Crippen MR) is 77.9 cm³/mol. The molecule has 1 saturated carbocycles. The van der Waals surface area contributed by atoms with Crippen molar-refractivity contribution in [3.05, 3.63) is 22.2 Å². The van der Waals surface area contributed by atoms with E-state index in [0.717, 1.165) is 50.5 Å². The molecule has 0 aliphatic heterocycles. The van der Waals surface area contributed by atoms with Crippen molar-refractivity contribution in [1.29, 1.82) is 0 Å². The summed E-state index contributed by atoms with van der Waals surface area (Å²) in [5, 5.41) is 0. The molecule has 0 spiro atoms. The van der Waals surface area contributed by atoms with Crippen LogP contribution in [-0.4, -0.2) is 48.6 Å². The fourth-order valence-electron chi connectivity index (χ4n) is 2.19. The summed E-state index contributed by atoms with van der Waals surface area (Å²) in [6, 6.07) is 1.62. The van der Waals surface area contributed by atoms with Gasteiger partial charge in [0.25, 0.3) is 5.56 Å². The lowest BCUT2D eigenvalue weighted by atomic mass is 10.3. The molecule has 1 heterocycles. The number of nitrogens with zero attached hydrogens (tertiary/aromatic N) is 3. The average Bonchev–Trinajstić information content (AvgIpc) is 3.17. The quantitative estimate of drug-likeness (QED) is 0.809. The highest BCUT2D eigenvalue weighted by atomic mass is 16.1. The molecular formula is C14H24N4O. The van der Waals surface area contributed by atoms with E-state index in [0.29, 0.717) is 5.92 Å². The van der Waals surface area contributed by atoms with Crippen LogP contribution in [0.1, 0.15) is 37.9 Å². The molecule has 0 atom stereocenters. The summed E-state index contributed by atoms with van der Waals surface area (Å²) in [6.07, 6.45) is 3.38. The molecule has 1 fully saturated rings. The molecule has 1 aromatic heterocycles. The summed E-state index contributed by atoms with van der Waals surface area (Å²) in [4.78, 5) is 23.6. The number of H-pyrrole nitrogens is 1. The van der Waals surface area contributed by atoms with E-state index in [-0.39, 0.29) is 5.56 Å². The van der Waals surface area contributed by atoms with Crippen molar-refractivity contribution in [2.24, 2.45) is 0 Å². The minimum Gasteiger partial charge on any atom is -0.357 e. The monoisotopic (exact) mass is 264 g/mol. The van der Waals surface area contributed by atoms with E-state index in [1.165, 1.54) is 0 Å². The second-order valence-corrected chi connectivity index (χ2v) is 5.50. The van der Waals surface area contributed by atoms with Gasteiger partial charge in [0, 0.05) is 25.1 Å². The predicted octanol–water partition coefficient (Wildman–Crippen LogP) is 1.43. The highest BCUT2D eigenvalue weighted by molar-refractivity contribution is 5.37. The number of aromatic amines is 1. The van der Waals surface area contributed by atoms with Crippen LogP contribution in [0.4, 0.5) is 5.82 Å². The van der Waals surface area contributed by atoms with Crippen molar-refractivity contribution in [3.8, 4) is 0 Å². The van der Waals surface area contributed by atoms with E-state index in [9.17, 15) is 4.79 Å². The molecule has 1 aliphatic rings. The van der Waals surface area contributed by atoms with Gasteiger partial charge in [0.15, 0.2) is 0 Å². The van der Waals surface area contributed by atoms with Gasteiger partial charge in [-0.2, -0.15) is 0 Å². The van der Waals surface area contributed by atoms with Crippen molar-refractivity contribution < 1.29 is 0 Å². The first-order valence-corrected chi connectivity index (χ1v) is 7.11. The Morgan fingerprint density at radius 2 is 2.11 bits per heavy atom. The Labute approximate surface area is 114 Å². The highest BCUT2D eigenvalue weighted by Gasteiger charge is 2.26. The molecule has 2 rings (SSSR count). The summed E-state index contributed by atoms with van der Waals surface area (Å²) in [7, 11) is 4.15. The van der Waals surface area contributed by atoms with Crippen LogP contribution in [0.5, 0.6) is 0 Å². The first-order chi connectivity index (χ1) is 9.10. The molecule has 0 unspecified atom stereocenters. The van der Waals surface area contributed by atoms with E-state index in [1.54, 1.807) is 6.07 Å². The summed E-state index contributed by atoms with van der Waals surface area (Å²) in [6.45, 7) is 4.98. The van der Waals surface area contributed by atoms with Gasteiger partial charge in [-0.05, 0) is 46.8 Å². The number of anilines is 1. The van der Waals surface area contributed by atoms with Crippen LogP contribution in [-0.2, 0) is 0 Å². The third-order valence-electron chi connectivity index (χ3n) is 3.45. The van der Waals surface area contributed by atoms with Gasteiger partial charge in [-0.1, -0.05) is 0 Å². The normalized spacial score (nSPS) is 14.9. The van der Waals surface area contributed by atoms with Crippen molar-refractivity contribution in [2.75, 3.05) is 38.6 Å². The van der Waals surface area contributed by atoms with Crippen molar-refractivity contribution in [1.82, 2.24) is 14.9 Å². The number of hydrogen-bond donors (Lipinski definition) is 1. The minimum atomic E-state index is -0.0297. The Morgan fingerprint density at radius 3 is 2.68 bits per heavy atom. The van der Waals surface area contributed by atoms with Crippen LogP contribution >= 0.6 is 0 Å². The van der Waals surface area contributed by atoms with Gasteiger partial charge in [-0.3, -0.25) is 4.79 Å². The van der Waals surface area contributed by atoms with Crippen molar-refractivity contribution in [2.45, 2.75) is 32.1 Å². The van der Waals surface area contributed by atoms with Gasteiger partial charge in [0.2, 0.25) is 0 Å². The largest absolute Gasteiger partial charge is 0.357 e. The summed E-state index contributed by atoms with van der Waals surface area (Å²) in [5.41, 5.74) is -0.0297. The molecule has 0 radical (unpaired) electrons. The lowest BCUT2D eigenvalue weighted by Crippen LogP contribution is -2.29. The van der Waals surface area contributed by atoms with Crippen LogP contribution in [0.25, 0.3) is 0 Å². The molecule has 5 heteroatoms. The summed E-state index contributed by atoms with van der Waals surface area (Å²) < 4.78 is 0. The van der Waals surface area contributed by atoms with Crippen LogP contribution in [0.15, 0.2) is 10.9 Å². The topological polar surface area (TPSA) is 52.2 Å². The van der Waals surface area contributed by atoms with Crippen molar-refractivity contribution >= 4 is 5.82 Å². The van der Waals surface area contributed by atoms with Gasteiger partial charge in [0.1, 0.15) is 11.6 Å². The smallest absolute Gasteiger partial charge is 0.252 e. The second kappa shape index (κ2) is 6.19. The van der Waals surface area contributed by atoms with E-state index in [4.69, 9.17) is 0 Å². The van der Waals surface area contributed by atoms with E-state index in [1.807, 2.05) is 0 Å². The SMILES string of the molecule is CCN(CCCN(C)C)c1cc(=O)[nH]c(C2CC2)n1. The van der Waals surface area contributed by atoms with Crippen LogP contribution in [0.3, 0.4) is 0 Å². The summed E-state index contributed by atoms with van der Waals surface area (Å²) >= 11 is 0. The molecule has 19 heavy (non-hydrogen) atoms. The number of nitrogens with one attached hydrogen (secondary N) is 1. The first kappa shape index (κ1) is 14.1. The number of hydrogen-bond acceptors (Lipinski definition) is 4. The molecule has 0 amide bonds. The van der Waals surface area contributed by atoms with Gasteiger partial charge in [0.05, 0.1) is 0 Å². The molecule has 1 aromatic rings. The molecule has 0 saturated heterocycles. The zero-order valence-corrected chi connectivity index (χ0v) is 12.1. The number of aromatic nitrogens is 2. The third-order valence-corrected chi connectivity index (χ3v) is 3.45. The zero-order valence-electron chi connectivity index (χ0n) is 12.1. The lowest BCUT2D eigenvalue weighted by molar-refractivity contribution is 0.400. The van der Waals surface area contributed by atoms with E-state index >= 15 is 0 Å². The molecule has 0 bridgehead atoms. The Balaban J connectivity index is 2.06. The second-order valence-electron chi connectivity index (χ2n) is 5.50. The molecule has 5 nitrogen and oxygen atoms in total. The fourth-order valence-corrected chi connectivity index (χ4v) is 2.19. The maximum absolute atomic E-state index is 11.7. The van der Waals surface area contributed by atoms with Crippen molar-refractivity contribution in [3.63, 3.8) is 0 Å². The highest BCUT2D eigenvalue weighted by Crippen LogP contribution is 2.37. The molecule has 106 valence electrons. The Bertz CT molecular complexity index is 465. The molecule has 1 aliphatic carbocycles. The van der Waals surface area contributed by atoms with E-state index in [2.05, 4.69) is 40.8 Å². The maximum atomic E-state index is 11.7. The van der Waals surface area contributed by atoms with Gasteiger partial charge in [-0.25, -0.2) is 4.98 Å². The minimum absolute atomic E-state index is 0.0297. The summed E-state index contributed by atoms with van der Waals surface area (Å²) in [5.74, 6) is 2.17. The molecule has 0 aromatic carbocycles. The lowest BCUT2D eigenvalue weighted by Gasteiger charge is -2.23. The third kappa shape index (κ3) is 4.06. The van der Waals surface area contributed by atoms with Crippen LogP contribution in [0, 0.1) is 0 Å². The van der Waals surface area contributed by atoms with Gasteiger partial charge >= 0.3 is 0 Å². The van der Waals surface area contributed by atoms with Gasteiger partial charge < -0.3 is 14.8 Å².